The van der Waals surface area contributed by atoms with Gasteiger partial charge in [0.2, 0.25) is 5.91 Å². The van der Waals surface area contributed by atoms with Crippen molar-refractivity contribution in [1.29, 1.82) is 0 Å². The first kappa shape index (κ1) is 34.0. The number of ether oxygens (including phenoxy) is 1. The van der Waals surface area contributed by atoms with Crippen LogP contribution in [0.15, 0.2) is 82.6 Å². The van der Waals surface area contributed by atoms with Crippen molar-refractivity contribution in [1.82, 2.24) is 9.88 Å². The molecule has 0 aliphatic heterocycles. The number of likely N-dealkylation sites (N-methyl/N-ethyl adjacent to an activating group) is 1. The number of hydrogen-bond donors (Lipinski definition) is 4. The van der Waals surface area contributed by atoms with Crippen molar-refractivity contribution >= 4 is 44.9 Å². The summed E-state index contributed by atoms with van der Waals surface area (Å²) in [7, 11) is 0.433. The molecular weight excluding hydrogens is 604 g/mol. The number of H-pyrrole nitrogens is 1. The smallest absolute Gasteiger partial charge is 0.411 e. The Morgan fingerprint density at radius 3 is 2.54 bits per heavy atom. The molecule has 0 radical (unpaired) electrons. The Labute approximate surface area is 270 Å². The van der Waals surface area contributed by atoms with E-state index < -0.39 is 16.9 Å². The monoisotopic (exact) mass is 642 g/mol. The molecule has 0 spiro atoms. The van der Waals surface area contributed by atoms with Gasteiger partial charge in [-0.3, -0.25) is 19.1 Å². The minimum Gasteiger partial charge on any atom is -0.449 e. The summed E-state index contributed by atoms with van der Waals surface area (Å²) in [5.74, 6) is -0.566. The molecule has 4 N–H and O–H groups in total. The maximum atomic E-state index is 13.2. The molecule has 0 bridgehead atoms. The van der Waals surface area contributed by atoms with Gasteiger partial charge in [-0.2, -0.15) is 0 Å². The van der Waals surface area contributed by atoms with E-state index in [0.29, 0.717) is 27.2 Å². The molecule has 5 rings (SSSR count). The summed E-state index contributed by atoms with van der Waals surface area (Å²) in [4.78, 5) is 42.7. The lowest BCUT2D eigenvalue weighted by Crippen LogP contribution is -2.32. The van der Waals surface area contributed by atoms with E-state index in [4.69, 9.17) is 4.74 Å². The highest BCUT2D eigenvalue weighted by Gasteiger charge is 2.31. The van der Waals surface area contributed by atoms with Crippen LogP contribution in [0, 0.1) is 19.8 Å². The molecule has 3 aromatic carbocycles. The molecular formula is C35H38N4O6S. The predicted octanol–water partition coefficient (Wildman–Crippen LogP) is 4.75. The van der Waals surface area contributed by atoms with Crippen LogP contribution in [0.25, 0.3) is 10.8 Å². The van der Waals surface area contributed by atoms with Crippen molar-refractivity contribution in [3.63, 3.8) is 0 Å². The number of aliphatic hydroxyl groups is 1. The van der Waals surface area contributed by atoms with Gasteiger partial charge in [-0.15, -0.1) is 12.8 Å². The highest BCUT2D eigenvalue weighted by Crippen LogP contribution is 2.33. The number of rotatable bonds is 12. The standard InChI is InChI=1S/C33H36N4O6S.C2H2/c1-21-5-3-4-6-28(21)24(19-38)20-43-33(41)36-26-9-12-30(44(42)27-10-11-27)23(15-26)18-37(2)31(39)17-35-25-8-7-22-13-14-34-32(40)29(22)16-25;1-2/h3-9,12-16,24,27,35,38H,10-11,17-20H2,1-2H3,(H,34,40)(H,36,41);1-2H/t24-,44?;/m0./s1. The van der Waals surface area contributed by atoms with Gasteiger partial charge in [-0.25, -0.2) is 4.79 Å². The van der Waals surface area contributed by atoms with Gasteiger partial charge in [0.15, 0.2) is 0 Å². The molecule has 1 saturated carbocycles. The Morgan fingerprint density at radius 2 is 1.83 bits per heavy atom. The molecule has 1 aliphatic carbocycles. The first-order valence-electron chi connectivity index (χ1n) is 14.8. The van der Waals surface area contributed by atoms with Gasteiger partial charge >= 0.3 is 6.09 Å². The fourth-order valence-electron chi connectivity index (χ4n) is 5.00. The zero-order chi connectivity index (χ0) is 33.2. The fourth-order valence-corrected chi connectivity index (χ4v) is 6.51. The summed E-state index contributed by atoms with van der Waals surface area (Å²) in [6.07, 6.45) is 10.7. The van der Waals surface area contributed by atoms with E-state index in [-0.39, 0.29) is 48.9 Å². The van der Waals surface area contributed by atoms with Gasteiger partial charge < -0.3 is 25.0 Å². The average molecular weight is 643 g/mol. The predicted molar refractivity (Wildman–Crippen MR) is 181 cm³/mol. The van der Waals surface area contributed by atoms with Crippen LogP contribution < -0.4 is 16.2 Å². The fraction of sp³-hybridized carbons (Fsp3) is 0.286. The number of aryl methyl sites for hydroxylation is 1. The normalized spacial score (nSPS) is 13.5. The molecule has 1 aromatic heterocycles. The minimum absolute atomic E-state index is 0.000340. The second-order valence-corrected chi connectivity index (χ2v) is 12.7. The molecule has 1 aliphatic rings. The number of carbonyl (C=O) groups is 2. The van der Waals surface area contributed by atoms with Crippen LogP contribution in [0.1, 0.15) is 35.4 Å². The molecule has 2 atom stereocenters. The number of carbonyl (C=O) groups excluding carboxylic acids is 2. The summed E-state index contributed by atoms with van der Waals surface area (Å²) in [6.45, 7) is 1.94. The third kappa shape index (κ3) is 8.62. The Morgan fingerprint density at radius 1 is 1.09 bits per heavy atom. The van der Waals surface area contributed by atoms with Gasteiger partial charge in [-0.1, -0.05) is 30.3 Å². The van der Waals surface area contributed by atoms with E-state index >= 15 is 0 Å². The number of benzene rings is 3. The van der Waals surface area contributed by atoms with Crippen LogP contribution in [0.2, 0.25) is 0 Å². The second kappa shape index (κ2) is 15.9. The molecule has 1 heterocycles. The van der Waals surface area contributed by atoms with E-state index in [1.165, 1.54) is 4.90 Å². The van der Waals surface area contributed by atoms with Gasteiger partial charge in [0.05, 0.1) is 24.0 Å². The number of fused-ring (bicyclic) bond motifs is 1. The maximum absolute atomic E-state index is 13.2. The molecule has 240 valence electrons. The molecule has 2 amide bonds. The van der Waals surface area contributed by atoms with E-state index in [1.54, 1.807) is 37.5 Å². The van der Waals surface area contributed by atoms with Crippen molar-refractivity contribution < 1.29 is 23.6 Å². The Kier molecular flexibility index (Phi) is 11.7. The van der Waals surface area contributed by atoms with Gasteiger partial charge in [0.1, 0.15) is 6.61 Å². The molecule has 4 aromatic rings. The second-order valence-electron chi connectivity index (χ2n) is 11.0. The van der Waals surface area contributed by atoms with Crippen molar-refractivity contribution in [2.45, 2.75) is 42.4 Å². The van der Waals surface area contributed by atoms with E-state index in [2.05, 4.69) is 28.5 Å². The lowest BCUT2D eigenvalue weighted by atomic mass is 9.96. The summed E-state index contributed by atoms with van der Waals surface area (Å²) in [6, 6.07) is 19.9. The summed E-state index contributed by atoms with van der Waals surface area (Å²) in [5.41, 5.74) is 3.45. The number of aromatic amines is 1. The first-order chi connectivity index (χ1) is 22.2. The minimum atomic E-state index is -1.23. The van der Waals surface area contributed by atoms with Crippen LogP contribution in [0.5, 0.6) is 0 Å². The SMILES string of the molecule is C#C.Cc1ccccc1[C@@H](CO)COC(=O)Nc1ccc(S(=O)C2CC2)c(CN(C)C(=O)CNc2ccc3cc[nH]c(=O)c3c2)c1. The molecule has 46 heavy (non-hydrogen) atoms. The van der Waals surface area contributed by atoms with E-state index in [0.717, 1.165) is 29.4 Å². The van der Waals surface area contributed by atoms with Crippen LogP contribution in [-0.4, -0.2) is 63.3 Å². The van der Waals surface area contributed by atoms with Crippen molar-refractivity contribution in [3.8, 4) is 12.8 Å². The molecule has 10 nitrogen and oxygen atoms in total. The number of terminal acetylenes is 1. The van der Waals surface area contributed by atoms with Crippen LogP contribution >= 0.6 is 0 Å². The Bertz CT molecular complexity index is 1800. The number of pyridine rings is 1. The van der Waals surface area contributed by atoms with Crippen molar-refractivity contribution in [3.05, 3.63) is 100.0 Å². The zero-order valence-corrected chi connectivity index (χ0v) is 26.6. The lowest BCUT2D eigenvalue weighted by Gasteiger charge is -2.21. The number of nitrogens with zero attached hydrogens (tertiary/aromatic N) is 1. The number of anilines is 2. The highest BCUT2D eigenvalue weighted by molar-refractivity contribution is 7.86. The lowest BCUT2D eigenvalue weighted by molar-refractivity contribution is -0.128. The third-order valence-corrected chi connectivity index (χ3v) is 9.58. The van der Waals surface area contributed by atoms with Gasteiger partial charge in [0, 0.05) is 52.6 Å². The van der Waals surface area contributed by atoms with Crippen molar-refractivity contribution in [2.75, 3.05) is 37.4 Å². The maximum Gasteiger partial charge on any atom is 0.411 e. The number of aliphatic hydroxyl groups excluding tert-OH is 1. The molecule has 1 unspecified atom stereocenters. The summed E-state index contributed by atoms with van der Waals surface area (Å²) in [5, 5.41) is 17.1. The highest BCUT2D eigenvalue weighted by atomic mass is 32.2. The molecule has 1 fully saturated rings. The zero-order valence-electron chi connectivity index (χ0n) is 25.8. The van der Waals surface area contributed by atoms with Crippen LogP contribution in [0.3, 0.4) is 0 Å². The average Bonchev–Trinajstić information content (AvgIpc) is 3.92. The number of hydrogen-bond acceptors (Lipinski definition) is 7. The number of nitrogens with one attached hydrogen (secondary N) is 3. The molecule has 11 heteroatoms. The quantitative estimate of drug-likeness (QED) is 0.164. The summed E-state index contributed by atoms with van der Waals surface area (Å²) < 4.78 is 18.6. The number of amides is 2. The van der Waals surface area contributed by atoms with E-state index in [9.17, 15) is 23.7 Å². The number of aromatic nitrogens is 1. The topological polar surface area (TPSA) is 141 Å². The third-order valence-electron chi connectivity index (χ3n) is 7.67. The first-order valence-corrected chi connectivity index (χ1v) is 16.0. The Balaban J connectivity index is 0.00000235. The van der Waals surface area contributed by atoms with Gasteiger partial charge in [0.25, 0.3) is 5.56 Å². The van der Waals surface area contributed by atoms with Crippen molar-refractivity contribution in [2.24, 2.45) is 0 Å². The molecule has 0 saturated heterocycles. The van der Waals surface area contributed by atoms with Crippen LogP contribution in [-0.2, 0) is 26.9 Å². The Hall–Kier alpha value is -4.92. The van der Waals surface area contributed by atoms with E-state index in [1.807, 2.05) is 49.4 Å². The largest absolute Gasteiger partial charge is 0.449 e. The van der Waals surface area contributed by atoms with Crippen LogP contribution in [0.4, 0.5) is 16.2 Å². The van der Waals surface area contributed by atoms with Gasteiger partial charge in [-0.05, 0) is 78.2 Å². The summed E-state index contributed by atoms with van der Waals surface area (Å²) >= 11 is 0.